The third kappa shape index (κ3) is 5.22. The summed E-state index contributed by atoms with van der Waals surface area (Å²) < 4.78 is 10.8. The number of aliphatic hydroxyl groups is 1. The van der Waals surface area contributed by atoms with Gasteiger partial charge in [0.25, 0.3) is 0 Å². The molecule has 4 nitrogen and oxygen atoms in total. The number of phenolic OH excluding ortho intramolecular Hbond substituents is 1. The van der Waals surface area contributed by atoms with Gasteiger partial charge in [-0.15, -0.1) is 0 Å². The first-order chi connectivity index (χ1) is 13.4. The molecule has 2 rings (SSSR count). The van der Waals surface area contributed by atoms with Crippen LogP contribution in [-0.4, -0.2) is 24.4 Å². The molecule has 0 saturated carbocycles. The van der Waals surface area contributed by atoms with Gasteiger partial charge < -0.3 is 19.7 Å². The first-order valence-electron chi connectivity index (χ1n) is 9.58. The van der Waals surface area contributed by atoms with E-state index in [2.05, 4.69) is 32.9 Å². The number of rotatable bonds is 8. The second-order valence-electron chi connectivity index (χ2n) is 7.19. The standard InChI is InChI=1S/C24H31O4/c1-16(2)8-6-9-17(3)12-13-19-18(14-15-22(28-5)24(19)26)23-20(25)10-7-11-21(23)27-4/h8,10-12,14-15,25-26H,6-7,9,13H2,1-5H3. The Hall–Kier alpha value is -2.62. The molecular formula is C24H31O4. The van der Waals surface area contributed by atoms with Gasteiger partial charge in [-0.25, -0.2) is 0 Å². The molecular weight excluding hydrogens is 352 g/mol. The van der Waals surface area contributed by atoms with Crippen molar-refractivity contribution in [3.05, 3.63) is 70.6 Å². The fraction of sp³-hybridized carbons (Fsp3) is 0.375. The van der Waals surface area contributed by atoms with E-state index in [0.29, 0.717) is 35.5 Å². The molecule has 0 bridgehead atoms. The highest BCUT2D eigenvalue weighted by atomic mass is 16.5. The number of aromatic hydroxyl groups is 1. The van der Waals surface area contributed by atoms with Crippen LogP contribution < -0.4 is 4.74 Å². The predicted octanol–water partition coefficient (Wildman–Crippen LogP) is 6.04. The van der Waals surface area contributed by atoms with Gasteiger partial charge in [0.05, 0.1) is 19.8 Å². The SMILES string of the molecule is COC1=CC[CH]C(O)=C1c1ccc(OC)c(O)c1CC=C(C)CCC=C(C)C. The van der Waals surface area contributed by atoms with Crippen molar-refractivity contribution in [2.24, 2.45) is 0 Å². The van der Waals surface area contributed by atoms with E-state index in [0.717, 1.165) is 18.4 Å². The lowest BCUT2D eigenvalue weighted by molar-refractivity contribution is 0.303. The maximum Gasteiger partial charge on any atom is 0.161 e. The highest BCUT2D eigenvalue weighted by Gasteiger charge is 2.23. The molecule has 1 aliphatic carbocycles. The second-order valence-corrected chi connectivity index (χ2v) is 7.19. The predicted molar refractivity (Wildman–Crippen MR) is 114 cm³/mol. The van der Waals surface area contributed by atoms with Crippen molar-refractivity contribution in [1.29, 1.82) is 0 Å². The van der Waals surface area contributed by atoms with Crippen molar-refractivity contribution >= 4 is 5.57 Å². The van der Waals surface area contributed by atoms with Gasteiger partial charge in [0.2, 0.25) is 0 Å². The second kappa shape index (κ2) is 10.1. The average Bonchev–Trinajstić information content (AvgIpc) is 2.66. The molecule has 0 atom stereocenters. The molecule has 0 aromatic heterocycles. The Morgan fingerprint density at radius 3 is 2.46 bits per heavy atom. The minimum absolute atomic E-state index is 0.0923. The van der Waals surface area contributed by atoms with E-state index < -0.39 is 0 Å². The number of allylic oxidation sites excluding steroid dienone is 7. The van der Waals surface area contributed by atoms with E-state index in [4.69, 9.17) is 9.47 Å². The molecule has 1 aromatic carbocycles. The van der Waals surface area contributed by atoms with E-state index >= 15 is 0 Å². The molecule has 1 radical (unpaired) electrons. The third-order valence-corrected chi connectivity index (χ3v) is 4.82. The van der Waals surface area contributed by atoms with Crippen molar-refractivity contribution in [2.45, 2.75) is 46.5 Å². The molecule has 0 saturated heterocycles. The molecule has 0 spiro atoms. The van der Waals surface area contributed by atoms with Crippen LogP contribution in [0.5, 0.6) is 11.5 Å². The Morgan fingerprint density at radius 2 is 1.82 bits per heavy atom. The fourth-order valence-electron chi connectivity index (χ4n) is 3.25. The van der Waals surface area contributed by atoms with Crippen LogP contribution in [0.15, 0.2) is 53.0 Å². The number of hydrogen-bond donors (Lipinski definition) is 2. The van der Waals surface area contributed by atoms with Gasteiger partial charge in [-0.05, 0) is 70.2 Å². The number of benzene rings is 1. The van der Waals surface area contributed by atoms with Gasteiger partial charge in [0, 0.05) is 12.0 Å². The van der Waals surface area contributed by atoms with Crippen molar-refractivity contribution in [1.82, 2.24) is 0 Å². The highest BCUT2D eigenvalue weighted by molar-refractivity contribution is 5.84. The summed E-state index contributed by atoms with van der Waals surface area (Å²) in [6, 6.07) is 3.57. The number of aliphatic hydroxyl groups excluding tert-OH is 1. The molecule has 151 valence electrons. The number of phenols is 1. The van der Waals surface area contributed by atoms with Gasteiger partial charge >= 0.3 is 0 Å². The molecule has 0 heterocycles. The minimum Gasteiger partial charge on any atom is -0.511 e. The van der Waals surface area contributed by atoms with Crippen LogP contribution in [0.4, 0.5) is 0 Å². The van der Waals surface area contributed by atoms with Crippen molar-refractivity contribution in [3.8, 4) is 11.5 Å². The Bertz CT molecular complexity index is 821. The lowest BCUT2D eigenvalue weighted by atomic mass is 9.90. The average molecular weight is 384 g/mol. The third-order valence-electron chi connectivity index (χ3n) is 4.82. The molecule has 4 heteroatoms. The van der Waals surface area contributed by atoms with Crippen LogP contribution in [0.3, 0.4) is 0 Å². The van der Waals surface area contributed by atoms with E-state index in [9.17, 15) is 10.2 Å². The summed E-state index contributed by atoms with van der Waals surface area (Å²) in [4.78, 5) is 0. The van der Waals surface area contributed by atoms with Gasteiger partial charge in [-0.1, -0.05) is 23.3 Å². The molecule has 0 unspecified atom stereocenters. The lowest BCUT2D eigenvalue weighted by Gasteiger charge is -2.21. The number of ether oxygens (including phenoxy) is 2. The number of methoxy groups -OCH3 is 2. The Balaban J connectivity index is 2.42. The summed E-state index contributed by atoms with van der Waals surface area (Å²) in [5.74, 6) is 1.27. The van der Waals surface area contributed by atoms with Crippen LogP contribution in [0.25, 0.3) is 5.57 Å². The maximum atomic E-state index is 10.8. The van der Waals surface area contributed by atoms with Crippen molar-refractivity contribution in [3.63, 3.8) is 0 Å². The van der Waals surface area contributed by atoms with Crippen LogP contribution in [0.2, 0.25) is 0 Å². The quantitative estimate of drug-likeness (QED) is 0.537. The Labute approximate surface area is 168 Å². The summed E-state index contributed by atoms with van der Waals surface area (Å²) in [6.45, 7) is 6.30. The van der Waals surface area contributed by atoms with Crippen LogP contribution >= 0.6 is 0 Å². The van der Waals surface area contributed by atoms with Crippen LogP contribution in [-0.2, 0) is 11.2 Å². The van der Waals surface area contributed by atoms with Crippen molar-refractivity contribution < 1.29 is 19.7 Å². The summed E-state index contributed by atoms with van der Waals surface area (Å²) >= 11 is 0. The molecule has 0 fully saturated rings. The summed E-state index contributed by atoms with van der Waals surface area (Å²) in [5, 5.41) is 21.2. The smallest absolute Gasteiger partial charge is 0.161 e. The maximum absolute atomic E-state index is 10.8. The van der Waals surface area contributed by atoms with Gasteiger partial charge in [0.15, 0.2) is 11.5 Å². The van der Waals surface area contributed by atoms with E-state index in [1.54, 1.807) is 19.6 Å². The zero-order valence-corrected chi connectivity index (χ0v) is 17.5. The normalized spacial score (nSPS) is 14.6. The largest absolute Gasteiger partial charge is 0.511 e. The highest BCUT2D eigenvalue weighted by Crippen LogP contribution is 2.41. The molecule has 1 aromatic rings. The topological polar surface area (TPSA) is 58.9 Å². The zero-order valence-electron chi connectivity index (χ0n) is 17.5. The summed E-state index contributed by atoms with van der Waals surface area (Å²) in [6.07, 6.45) is 11.1. The van der Waals surface area contributed by atoms with E-state index in [-0.39, 0.29) is 11.5 Å². The van der Waals surface area contributed by atoms with Gasteiger partial charge in [0.1, 0.15) is 11.5 Å². The first-order valence-corrected chi connectivity index (χ1v) is 9.58. The summed E-state index contributed by atoms with van der Waals surface area (Å²) in [5.41, 5.74) is 4.61. The zero-order chi connectivity index (χ0) is 20.7. The Kier molecular flexibility index (Phi) is 7.80. The molecule has 0 aliphatic heterocycles. The Morgan fingerprint density at radius 1 is 1.07 bits per heavy atom. The fourth-order valence-corrected chi connectivity index (χ4v) is 3.25. The minimum atomic E-state index is 0.0923. The van der Waals surface area contributed by atoms with Gasteiger partial charge in [-0.2, -0.15) is 0 Å². The molecule has 2 N–H and O–H groups in total. The lowest BCUT2D eigenvalue weighted by Crippen LogP contribution is -2.06. The van der Waals surface area contributed by atoms with Crippen LogP contribution in [0, 0.1) is 6.42 Å². The van der Waals surface area contributed by atoms with Gasteiger partial charge in [-0.3, -0.25) is 0 Å². The van der Waals surface area contributed by atoms with Crippen LogP contribution in [0.1, 0.15) is 51.2 Å². The molecule has 28 heavy (non-hydrogen) atoms. The molecule has 1 aliphatic rings. The molecule has 0 amide bonds. The number of hydrogen-bond acceptors (Lipinski definition) is 4. The summed E-state index contributed by atoms with van der Waals surface area (Å²) in [7, 11) is 3.12. The monoisotopic (exact) mass is 383 g/mol. The first kappa shape index (κ1) is 21.7. The van der Waals surface area contributed by atoms with E-state index in [1.807, 2.05) is 12.1 Å². The van der Waals surface area contributed by atoms with E-state index in [1.165, 1.54) is 18.3 Å². The van der Waals surface area contributed by atoms with Crippen molar-refractivity contribution in [2.75, 3.05) is 14.2 Å².